The van der Waals surface area contributed by atoms with E-state index in [9.17, 15) is 18.0 Å². The van der Waals surface area contributed by atoms with Gasteiger partial charge in [0.25, 0.3) is 0 Å². The summed E-state index contributed by atoms with van der Waals surface area (Å²) in [4.78, 5) is 22.5. The van der Waals surface area contributed by atoms with Crippen LogP contribution >= 0.6 is 0 Å². The monoisotopic (exact) mass is 259 g/mol. The van der Waals surface area contributed by atoms with E-state index in [0.717, 1.165) is 10.9 Å². The summed E-state index contributed by atoms with van der Waals surface area (Å²) in [6.45, 7) is 0. The highest BCUT2D eigenvalue weighted by Crippen LogP contribution is 2.13. The van der Waals surface area contributed by atoms with Crippen molar-refractivity contribution in [3.05, 3.63) is 46.8 Å². The second kappa shape index (κ2) is 5.35. The number of benzene rings is 1. The summed E-state index contributed by atoms with van der Waals surface area (Å²) in [6.07, 6.45) is -5.08. The van der Waals surface area contributed by atoms with Crippen LogP contribution in [0.15, 0.2) is 41.2 Å². The van der Waals surface area contributed by atoms with Crippen molar-refractivity contribution in [2.45, 2.75) is 6.18 Å². The van der Waals surface area contributed by atoms with E-state index in [2.05, 4.69) is 4.98 Å². The van der Waals surface area contributed by atoms with Gasteiger partial charge in [-0.1, -0.05) is 18.2 Å². The fourth-order valence-electron chi connectivity index (χ4n) is 1.10. The van der Waals surface area contributed by atoms with Gasteiger partial charge < -0.3 is 10.1 Å². The number of H-pyrrole nitrogens is 1. The molecule has 0 aliphatic carbocycles. The Morgan fingerprint density at radius 2 is 1.67 bits per heavy atom. The third-order valence-electron chi connectivity index (χ3n) is 1.88. The molecular formula is C11H8F3NO3. The van der Waals surface area contributed by atoms with E-state index in [-0.39, 0.29) is 5.56 Å². The molecule has 2 aromatic rings. The maximum absolute atomic E-state index is 10.8. The van der Waals surface area contributed by atoms with Gasteiger partial charge in [0.15, 0.2) is 0 Å². The lowest BCUT2D eigenvalue weighted by Crippen LogP contribution is -2.21. The Bertz CT molecular complexity index is 604. The Kier molecular flexibility index (Phi) is 4.09. The number of pyridine rings is 1. The summed E-state index contributed by atoms with van der Waals surface area (Å²) in [5, 5.41) is 8.19. The van der Waals surface area contributed by atoms with Gasteiger partial charge in [0.1, 0.15) is 0 Å². The van der Waals surface area contributed by atoms with Gasteiger partial charge in [0.05, 0.1) is 0 Å². The molecule has 0 unspecified atom stereocenters. The minimum Gasteiger partial charge on any atom is -0.475 e. The largest absolute Gasteiger partial charge is 0.490 e. The minimum absolute atomic E-state index is 0.0521. The topological polar surface area (TPSA) is 70.2 Å². The number of carboxylic acids is 1. The van der Waals surface area contributed by atoms with Crippen LogP contribution in [0.25, 0.3) is 10.9 Å². The summed E-state index contributed by atoms with van der Waals surface area (Å²) in [6, 6.07) is 11.0. The maximum Gasteiger partial charge on any atom is 0.490 e. The molecule has 1 aromatic heterocycles. The van der Waals surface area contributed by atoms with Gasteiger partial charge in [-0.05, 0) is 17.5 Å². The lowest BCUT2D eigenvalue weighted by atomic mass is 10.2. The van der Waals surface area contributed by atoms with Crippen molar-refractivity contribution in [3.8, 4) is 0 Å². The molecule has 2 rings (SSSR count). The maximum atomic E-state index is 10.8. The fourth-order valence-corrected chi connectivity index (χ4v) is 1.10. The second-order valence-electron chi connectivity index (χ2n) is 3.21. The number of para-hydroxylation sites is 1. The average molecular weight is 259 g/mol. The smallest absolute Gasteiger partial charge is 0.475 e. The number of hydrogen-bond donors (Lipinski definition) is 2. The Hall–Kier alpha value is -2.31. The summed E-state index contributed by atoms with van der Waals surface area (Å²) >= 11 is 0. The molecule has 0 aliphatic rings. The molecule has 0 fully saturated rings. The number of hydrogen-bond acceptors (Lipinski definition) is 2. The SMILES string of the molecule is O=C(O)C(F)(F)F.O=c1ccc2ccccc2[nH]1. The fraction of sp³-hybridized carbons (Fsp3) is 0.0909. The zero-order valence-corrected chi connectivity index (χ0v) is 8.86. The third-order valence-corrected chi connectivity index (χ3v) is 1.88. The number of carboxylic acid groups (broad SMARTS) is 1. The highest BCUT2D eigenvalue weighted by Gasteiger charge is 2.38. The Labute approximate surface area is 98.7 Å². The number of halogens is 3. The van der Waals surface area contributed by atoms with Crippen LogP contribution in [0.2, 0.25) is 0 Å². The van der Waals surface area contributed by atoms with Crippen molar-refractivity contribution in [1.29, 1.82) is 0 Å². The molecule has 2 N–H and O–H groups in total. The van der Waals surface area contributed by atoms with Crippen molar-refractivity contribution in [2.75, 3.05) is 0 Å². The number of aromatic amines is 1. The van der Waals surface area contributed by atoms with Gasteiger partial charge in [0, 0.05) is 11.6 Å². The number of rotatable bonds is 0. The predicted octanol–water partition coefficient (Wildman–Crippen LogP) is 2.16. The van der Waals surface area contributed by atoms with Crippen LogP contribution in [-0.4, -0.2) is 22.2 Å². The number of fused-ring (bicyclic) bond motifs is 1. The molecule has 0 atom stereocenters. The van der Waals surface area contributed by atoms with Crippen molar-refractivity contribution in [3.63, 3.8) is 0 Å². The van der Waals surface area contributed by atoms with Gasteiger partial charge in [0.2, 0.25) is 5.56 Å². The molecule has 7 heteroatoms. The van der Waals surface area contributed by atoms with Gasteiger partial charge in [-0.15, -0.1) is 0 Å². The first-order valence-electron chi connectivity index (χ1n) is 4.69. The van der Waals surface area contributed by atoms with Crippen LogP contribution in [0.3, 0.4) is 0 Å². The zero-order chi connectivity index (χ0) is 13.8. The molecule has 18 heavy (non-hydrogen) atoms. The predicted molar refractivity (Wildman–Crippen MR) is 58.3 cm³/mol. The van der Waals surface area contributed by atoms with E-state index in [1.807, 2.05) is 30.3 Å². The molecule has 0 radical (unpaired) electrons. The molecule has 1 heterocycles. The quantitative estimate of drug-likeness (QED) is 0.761. The van der Waals surface area contributed by atoms with Gasteiger partial charge in [-0.2, -0.15) is 13.2 Å². The lowest BCUT2D eigenvalue weighted by molar-refractivity contribution is -0.192. The summed E-state index contributed by atoms with van der Waals surface area (Å²) in [7, 11) is 0. The van der Waals surface area contributed by atoms with Crippen LogP contribution in [0.1, 0.15) is 0 Å². The number of carbonyl (C=O) groups is 1. The Balaban J connectivity index is 0.000000203. The van der Waals surface area contributed by atoms with Gasteiger partial charge in [-0.25, -0.2) is 4.79 Å². The van der Waals surface area contributed by atoms with Crippen molar-refractivity contribution in [1.82, 2.24) is 4.98 Å². The molecular weight excluding hydrogens is 251 g/mol. The van der Waals surface area contributed by atoms with Crippen molar-refractivity contribution >= 4 is 16.9 Å². The molecule has 4 nitrogen and oxygen atoms in total. The molecule has 0 saturated carbocycles. The average Bonchev–Trinajstić information content (AvgIpc) is 2.28. The van der Waals surface area contributed by atoms with E-state index < -0.39 is 12.1 Å². The first kappa shape index (κ1) is 13.8. The standard InChI is InChI=1S/C9H7NO.C2HF3O2/c11-9-6-5-7-3-1-2-4-8(7)10-9;3-2(4,5)1(6)7/h1-6H,(H,10,11);(H,6,7). The van der Waals surface area contributed by atoms with E-state index in [0.29, 0.717) is 0 Å². The zero-order valence-electron chi connectivity index (χ0n) is 8.86. The third kappa shape index (κ3) is 3.93. The van der Waals surface area contributed by atoms with Crippen molar-refractivity contribution < 1.29 is 23.1 Å². The van der Waals surface area contributed by atoms with Crippen LogP contribution < -0.4 is 5.56 Å². The number of alkyl halides is 3. The number of aliphatic carboxylic acids is 1. The second-order valence-corrected chi connectivity index (χ2v) is 3.21. The van der Waals surface area contributed by atoms with E-state index in [1.165, 1.54) is 6.07 Å². The summed E-state index contributed by atoms with van der Waals surface area (Å²) < 4.78 is 31.7. The molecule has 0 aliphatic heterocycles. The first-order valence-corrected chi connectivity index (χ1v) is 4.69. The highest BCUT2D eigenvalue weighted by atomic mass is 19.4. The van der Waals surface area contributed by atoms with Gasteiger partial charge >= 0.3 is 12.1 Å². The normalized spacial score (nSPS) is 10.6. The molecule has 1 aromatic carbocycles. The molecule has 96 valence electrons. The first-order chi connectivity index (χ1) is 8.30. The lowest BCUT2D eigenvalue weighted by Gasteiger charge is -1.93. The Morgan fingerprint density at radius 3 is 2.22 bits per heavy atom. The molecule has 0 spiro atoms. The van der Waals surface area contributed by atoms with Crippen LogP contribution in [0, 0.1) is 0 Å². The van der Waals surface area contributed by atoms with E-state index >= 15 is 0 Å². The molecule has 0 bridgehead atoms. The summed E-state index contributed by atoms with van der Waals surface area (Å²) in [5.41, 5.74) is 0.837. The van der Waals surface area contributed by atoms with Crippen LogP contribution in [0.4, 0.5) is 13.2 Å². The molecule has 0 amide bonds. The minimum atomic E-state index is -5.08. The highest BCUT2D eigenvalue weighted by molar-refractivity contribution is 5.77. The van der Waals surface area contributed by atoms with Crippen LogP contribution in [0.5, 0.6) is 0 Å². The van der Waals surface area contributed by atoms with E-state index in [1.54, 1.807) is 0 Å². The van der Waals surface area contributed by atoms with E-state index in [4.69, 9.17) is 9.90 Å². The van der Waals surface area contributed by atoms with Gasteiger partial charge in [-0.3, -0.25) is 4.79 Å². The van der Waals surface area contributed by atoms with Crippen molar-refractivity contribution in [2.24, 2.45) is 0 Å². The van der Waals surface area contributed by atoms with Crippen LogP contribution in [-0.2, 0) is 4.79 Å². The summed E-state index contributed by atoms with van der Waals surface area (Å²) in [5.74, 6) is -2.76. The number of nitrogens with one attached hydrogen (secondary N) is 1. The molecule has 0 saturated heterocycles. The number of aromatic nitrogens is 1. The Morgan fingerprint density at radius 1 is 1.11 bits per heavy atom.